The van der Waals surface area contributed by atoms with E-state index in [2.05, 4.69) is 10.2 Å². The number of amides is 1. The summed E-state index contributed by atoms with van der Waals surface area (Å²) < 4.78 is 27.4. The van der Waals surface area contributed by atoms with Gasteiger partial charge in [-0.15, -0.1) is 11.8 Å². The number of nitrogens with one attached hydrogen (secondary N) is 1. The van der Waals surface area contributed by atoms with Gasteiger partial charge in [0.1, 0.15) is 0 Å². The Morgan fingerprint density at radius 1 is 1.03 bits per heavy atom. The fourth-order valence-electron chi connectivity index (χ4n) is 3.44. The molecule has 0 unspecified atom stereocenters. The fourth-order valence-corrected chi connectivity index (χ4v) is 5.50. The third-order valence-electron chi connectivity index (χ3n) is 5.48. The van der Waals surface area contributed by atoms with Crippen LogP contribution in [-0.2, 0) is 14.8 Å². The lowest BCUT2D eigenvalue weighted by Gasteiger charge is -2.33. The number of hydrogen-bond donors (Lipinski definition) is 1. The highest BCUT2D eigenvalue weighted by atomic mass is 32.2. The van der Waals surface area contributed by atoms with E-state index in [0.29, 0.717) is 44.0 Å². The average molecular weight is 448 g/mol. The normalized spacial score (nSPS) is 15.8. The van der Waals surface area contributed by atoms with Gasteiger partial charge in [0.2, 0.25) is 15.9 Å². The van der Waals surface area contributed by atoms with E-state index in [1.54, 1.807) is 28.2 Å². The number of aryl methyl sites for hydroxylation is 2. The van der Waals surface area contributed by atoms with Crippen LogP contribution in [0.25, 0.3) is 0 Å². The van der Waals surface area contributed by atoms with Gasteiger partial charge in [-0.2, -0.15) is 4.31 Å². The number of para-hydroxylation sites is 1. The summed E-state index contributed by atoms with van der Waals surface area (Å²) in [5.74, 6) is -0.0262. The van der Waals surface area contributed by atoms with Gasteiger partial charge < -0.3 is 10.2 Å². The van der Waals surface area contributed by atoms with Crippen molar-refractivity contribution < 1.29 is 13.2 Å². The van der Waals surface area contributed by atoms with Gasteiger partial charge in [0.15, 0.2) is 0 Å². The summed E-state index contributed by atoms with van der Waals surface area (Å²) in [6.07, 6.45) is 2.36. The lowest BCUT2D eigenvalue weighted by Crippen LogP contribution is -2.49. The molecule has 6 nitrogen and oxygen atoms in total. The Balaban J connectivity index is 1.50. The molecule has 1 aliphatic heterocycles. The molecule has 2 aromatic carbocycles. The molecule has 162 valence electrons. The van der Waals surface area contributed by atoms with Crippen molar-refractivity contribution in [1.29, 1.82) is 0 Å². The van der Waals surface area contributed by atoms with Gasteiger partial charge in [-0.3, -0.25) is 4.79 Å². The van der Waals surface area contributed by atoms with E-state index < -0.39 is 10.0 Å². The molecule has 2 aromatic rings. The van der Waals surface area contributed by atoms with Crippen molar-refractivity contribution in [2.45, 2.75) is 30.1 Å². The number of rotatable bonds is 7. The molecule has 30 heavy (non-hydrogen) atoms. The smallest absolute Gasteiger partial charge is 0.243 e. The van der Waals surface area contributed by atoms with Gasteiger partial charge in [-0.25, -0.2) is 8.42 Å². The zero-order valence-corrected chi connectivity index (χ0v) is 19.4. The molecule has 0 atom stereocenters. The molecule has 0 saturated carbocycles. The van der Waals surface area contributed by atoms with Crippen molar-refractivity contribution in [3.8, 4) is 0 Å². The van der Waals surface area contributed by atoms with E-state index in [-0.39, 0.29) is 5.91 Å². The first-order chi connectivity index (χ1) is 14.3. The molecular weight excluding hydrogens is 418 g/mol. The second-order valence-electron chi connectivity index (χ2n) is 7.49. The topological polar surface area (TPSA) is 69.7 Å². The summed E-state index contributed by atoms with van der Waals surface area (Å²) in [5.41, 5.74) is 2.89. The molecule has 1 fully saturated rings. The number of carbonyl (C=O) groups is 1. The van der Waals surface area contributed by atoms with Crippen LogP contribution in [0.5, 0.6) is 0 Å². The fraction of sp³-hybridized carbons (Fsp3) is 0.409. The monoisotopic (exact) mass is 447 g/mol. The van der Waals surface area contributed by atoms with E-state index in [0.717, 1.165) is 21.7 Å². The van der Waals surface area contributed by atoms with Crippen molar-refractivity contribution in [2.75, 3.05) is 44.3 Å². The molecule has 0 aliphatic carbocycles. The molecular formula is C22H29N3O3S2. The molecule has 1 N–H and O–H groups in total. The second-order valence-corrected chi connectivity index (χ2v) is 10.3. The summed E-state index contributed by atoms with van der Waals surface area (Å²) in [7, 11) is -3.48. The number of carbonyl (C=O) groups excluding carboxylic acids is 1. The lowest BCUT2D eigenvalue weighted by atomic mass is 10.1. The predicted octanol–water partition coefficient (Wildman–Crippen LogP) is 3.36. The number of anilines is 1. The van der Waals surface area contributed by atoms with Crippen molar-refractivity contribution in [3.63, 3.8) is 0 Å². The third kappa shape index (κ3) is 5.43. The van der Waals surface area contributed by atoms with Crippen molar-refractivity contribution in [3.05, 3.63) is 53.6 Å². The Kier molecular flexibility index (Phi) is 7.57. The van der Waals surface area contributed by atoms with E-state index in [1.807, 2.05) is 50.4 Å². The number of thioether (sulfide) groups is 1. The van der Waals surface area contributed by atoms with Crippen LogP contribution in [0.1, 0.15) is 17.5 Å². The maximum absolute atomic E-state index is 12.9. The van der Waals surface area contributed by atoms with Gasteiger partial charge in [0, 0.05) is 44.0 Å². The Hall–Kier alpha value is -1.87. The van der Waals surface area contributed by atoms with Gasteiger partial charge in [0.25, 0.3) is 0 Å². The molecule has 1 amide bonds. The molecule has 8 heteroatoms. The number of sulfonamides is 1. The minimum Gasteiger partial charge on any atom is -0.325 e. The number of nitrogens with zero attached hydrogens (tertiary/aromatic N) is 2. The first-order valence-corrected chi connectivity index (χ1v) is 12.7. The molecule has 0 aromatic heterocycles. The number of piperazine rings is 1. The summed E-state index contributed by atoms with van der Waals surface area (Å²) in [6, 6.07) is 13.0. The van der Waals surface area contributed by atoms with Crippen LogP contribution in [0.2, 0.25) is 0 Å². The lowest BCUT2D eigenvalue weighted by molar-refractivity contribution is -0.116. The molecule has 0 spiro atoms. The van der Waals surface area contributed by atoms with E-state index in [9.17, 15) is 13.2 Å². The Morgan fingerprint density at radius 3 is 2.40 bits per heavy atom. The van der Waals surface area contributed by atoms with Gasteiger partial charge >= 0.3 is 0 Å². The van der Waals surface area contributed by atoms with Crippen LogP contribution in [0.4, 0.5) is 5.69 Å². The van der Waals surface area contributed by atoms with E-state index in [1.165, 1.54) is 0 Å². The third-order valence-corrected chi connectivity index (χ3v) is 8.17. The second kappa shape index (κ2) is 9.96. The zero-order chi connectivity index (χ0) is 21.7. The molecule has 1 saturated heterocycles. The summed E-state index contributed by atoms with van der Waals surface area (Å²) in [6.45, 7) is 6.63. The van der Waals surface area contributed by atoms with Gasteiger partial charge in [-0.05, 0) is 55.5 Å². The van der Waals surface area contributed by atoms with Crippen LogP contribution < -0.4 is 5.32 Å². The largest absolute Gasteiger partial charge is 0.325 e. The minimum absolute atomic E-state index is 0.0262. The number of benzene rings is 2. The molecule has 3 rings (SSSR count). The molecule has 1 heterocycles. The highest BCUT2D eigenvalue weighted by Crippen LogP contribution is 2.25. The predicted molar refractivity (Wildman–Crippen MR) is 123 cm³/mol. The van der Waals surface area contributed by atoms with Crippen LogP contribution in [0.15, 0.2) is 52.3 Å². The van der Waals surface area contributed by atoms with Crippen LogP contribution in [-0.4, -0.2) is 62.5 Å². The summed E-state index contributed by atoms with van der Waals surface area (Å²) in [5, 5.41) is 2.97. The van der Waals surface area contributed by atoms with Crippen molar-refractivity contribution in [2.24, 2.45) is 0 Å². The van der Waals surface area contributed by atoms with E-state index in [4.69, 9.17) is 0 Å². The first-order valence-electron chi connectivity index (χ1n) is 10.0. The van der Waals surface area contributed by atoms with E-state index >= 15 is 0 Å². The van der Waals surface area contributed by atoms with Crippen molar-refractivity contribution in [1.82, 2.24) is 9.21 Å². The Bertz CT molecular complexity index is 1000. The maximum Gasteiger partial charge on any atom is 0.243 e. The Labute approximate surface area is 183 Å². The van der Waals surface area contributed by atoms with Crippen molar-refractivity contribution >= 4 is 33.4 Å². The number of hydrogen-bond acceptors (Lipinski definition) is 5. The first kappa shape index (κ1) is 22.8. The standard InChI is InChI=1S/C22H29N3O3S2/c1-17-8-9-19(16-18(17)2)30(27,28)25-14-12-24(13-15-25)11-10-22(26)23-20-6-4-5-7-21(20)29-3/h4-9,16H,10-15H2,1-3H3,(H,23,26). The highest BCUT2D eigenvalue weighted by Gasteiger charge is 2.28. The molecule has 0 bridgehead atoms. The summed E-state index contributed by atoms with van der Waals surface area (Å²) >= 11 is 1.60. The van der Waals surface area contributed by atoms with Crippen LogP contribution in [0, 0.1) is 13.8 Å². The minimum atomic E-state index is -3.48. The maximum atomic E-state index is 12.9. The van der Waals surface area contributed by atoms with Gasteiger partial charge in [-0.1, -0.05) is 18.2 Å². The molecule has 0 radical (unpaired) electrons. The quantitative estimate of drug-likeness (QED) is 0.659. The molecule has 1 aliphatic rings. The summed E-state index contributed by atoms with van der Waals surface area (Å²) in [4.78, 5) is 15.9. The average Bonchev–Trinajstić information content (AvgIpc) is 2.75. The van der Waals surface area contributed by atoms with Gasteiger partial charge in [0.05, 0.1) is 10.6 Å². The van der Waals surface area contributed by atoms with Crippen LogP contribution >= 0.6 is 11.8 Å². The SMILES string of the molecule is CSc1ccccc1NC(=O)CCN1CCN(S(=O)(=O)c2ccc(C)c(C)c2)CC1. The highest BCUT2D eigenvalue weighted by molar-refractivity contribution is 7.98. The van der Waals surface area contributed by atoms with Crippen LogP contribution in [0.3, 0.4) is 0 Å². The zero-order valence-electron chi connectivity index (χ0n) is 17.7. The Morgan fingerprint density at radius 2 is 1.73 bits per heavy atom.